The van der Waals surface area contributed by atoms with Crippen molar-refractivity contribution >= 4 is 5.69 Å². The summed E-state index contributed by atoms with van der Waals surface area (Å²) in [6.45, 7) is 0. The van der Waals surface area contributed by atoms with Crippen LogP contribution >= 0.6 is 0 Å². The second kappa shape index (κ2) is 4.21. The van der Waals surface area contributed by atoms with Crippen LogP contribution in [0.3, 0.4) is 0 Å². The number of aromatic nitrogens is 3. The van der Waals surface area contributed by atoms with E-state index < -0.39 is 28.9 Å². The standard InChI is InChI=1S/C10H6F4N4/c11-7-3-16-4-18-9(7)8-6(10(12,13)14)1-5(15)2-17-8/h1-4H,15H2. The van der Waals surface area contributed by atoms with E-state index in [1.54, 1.807) is 0 Å². The van der Waals surface area contributed by atoms with E-state index in [4.69, 9.17) is 5.73 Å². The molecule has 0 amide bonds. The maximum atomic E-state index is 13.4. The van der Waals surface area contributed by atoms with Crippen molar-refractivity contribution < 1.29 is 17.6 Å². The predicted molar refractivity (Wildman–Crippen MR) is 54.6 cm³/mol. The summed E-state index contributed by atoms with van der Waals surface area (Å²) in [4.78, 5) is 10.3. The van der Waals surface area contributed by atoms with Gasteiger partial charge in [0.15, 0.2) is 5.82 Å². The van der Waals surface area contributed by atoms with Gasteiger partial charge in [0.25, 0.3) is 0 Å². The number of hydrogen-bond donors (Lipinski definition) is 1. The molecule has 0 unspecified atom stereocenters. The summed E-state index contributed by atoms with van der Waals surface area (Å²) in [6.07, 6.45) is -1.99. The molecule has 0 bridgehead atoms. The lowest BCUT2D eigenvalue weighted by Gasteiger charge is -2.12. The highest BCUT2D eigenvalue weighted by Gasteiger charge is 2.35. The van der Waals surface area contributed by atoms with Crippen LogP contribution in [0.15, 0.2) is 24.8 Å². The fraction of sp³-hybridized carbons (Fsp3) is 0.100. The minimum absolute atomic E-state index is 0.166. The zero-order valence-electron chi connectivity index (χ0n) is 8.74. The molecule has 2 aromatic rings. The molecule has 0 radical (unpaired) electrons. The smallest absolute Gasteiger partial charge is 0.397 e. The molecule has 0 aliphatic carbocycles. The molecule has 18 heavy (non-hydrogen) atoms. The highest BCUT2D eigenvalue weighted by Crippen LogP contribution is 2.36. The first-order valence-electron chi connectivity index (χ1n) is 4.68. The van der Waals surface area contributed by atoms with Gasteiger partial charge >= 0.3 is 6.18 Å². The van der Waals surface area contributed by atoms with Gasteiger partial charge in [0.05, 0.1) is 23.6 Å². The van der Waals surface area contributed by atoms with Gasteiger partial charge < -0.3 is 5.73 Å². The van der Waals surface area contributed by atoms with Gasteiger partial charge in [-0.15, -0.1) is 0 Å². The van der Waals surface area contributed by atoms with Gasteiger partial charge in [-0.25, -0.2) is 14.4 Å². The van der Waals surface area contributed by atoms with Crippen LogP contribution in [-0.2, 0) is 6.18 Å². The fourth-order valence-electron chi connectivity index (χ4n) is 1.37. The number of halogens is 4. The van der Waals surface area contributed by atoms with Gasteiger partial charge in [0.2, 0.25) is 0 Å². The molecule has 0 spiro atoms. The number of anilines is 1. The zero-order valence-corrected chi connectivity index (χ0v) is 8.74. The van der Waals surface area contributed by atoms with Crippen molar-refractivity contribution in [3.8, 4) is 11.4 Å². The van der Waals surface area contributed by atoms with Crippen molar-refractivity contribution in [2.24, 2.45) is 0 Å². The summed E-state index contributed by atoms with van der Waals surface area (Å²) >= 11 is 0. The minimum atomic E-state index is -4.70. The molecule has 0 aliphatic heterocycles. The SMILES string of the molecule is Nc1cnc(-c2ncncc2F)c(C(F)(F)F)c1. The lowest BCUT2D eigenvalue weighted by Crippen LogP contribution is -2.10. The van der Waals surface area contributed by atoms with Crippen LogP contribution in [-0.4, -0.2) is 15.0 Å². The number of nitrogens with two attached hydrogens (primary N) is 1. The first kappa shape index (κ1) is 12.2. The average molecular weight is 258 g/mol. The maximum absolute atomic E-state index is 13.4. The molecule has 2 heterocycles. The highest BCUT2D eigenvalue weighted by atomic mass is 19.4. The Morgan fingerprint density at radius 2 is 1.78 bits per heavy atom. The number of alkyl halides is 3. The molecular weight excluding hydrogens is 252 g/mol. The summed E-state index contributed by atoms with van der Waals surface area (Å²) in [7, 11) is 0. The Morgan fingerprint density at radius 3 is 2.39 bits per heavy atom. The number of nitrogen functional groups attached to an aromatic ring is 1. The van der Waals surface area contributed by atoms with Crippen LogP contribution in [0.5, 0.6) is 0 Å². The molecule has 2 rings (SSSR count). The lowest BCUT2D eigenvalue weighted by molar-refractivity contribution is -0.137. The summed E-state index contributed by atoms with van der Waals surface area (Å²) in [5.41, 5.74) is 2.82. The molecule has 2 aromatic heterocycles. The predicted octanol–water partition coefficient (Wildman–Crippen LogP) is 2.28. The normalized spacial score (nSPS) is 11.6. The van der Waals surface area contributed by atoms with E-state index in [0.29, 0.717) is 6.07 Å². The van der Waals surface area contributed by atoms with E-state index >= 15 is 0 Å². The third kappa shape index (κ3) is 2.22. The zero-order chi connectivity index (χ0) is 13.3. The number of rotatable bonds is 1. The Morgan fingerprint density at radius 1 is 1.06 bits per heavy atom. The van der Waals surface area contributed by atoms with Crippen LogP contribution < -0.4 is 5.73 Å². The Balaban J connectivity index is 2.69. The van der Waals surface area contributed by atoms with E-state index in [-0.39, 0.29) is 5.69 Å². The summed E-state index contributed by atoms with van der Waals surface area (Å²) in [5.74, 6) is -0.986. The van der Waals surface area contributed by atoms with Gasteiger partial charge in [-0.05, 0) is 6.07 Å². The van der Waals surface area contributed by atoms with E-state index in [0.717, 1.165) is 18.7 Å². The van der Waals surface area contributed by atoms with E-state index in [2.05, 4.69) is 15.0 Å². The van der Waals surface area contributed by atoms with Crippen LogP contribution in [0.2, 0.25) is 0 Å². The van der Waals surface area contributed by atoms with Gasteiger partial charge in [-0.1, -0.05) is 0 Å². The van der Waals surface area contributed by atoms with Gasteiger partial charge in [0, 0.05) is 0 Å². The monoisotopic (exact) mass is 258 g/mol. The molecule has 4 nitrogen and oxygen atoms in total. The molecule has 8 heteroatoms. The van der Waals surface area contributed by atoms with E-state index in [1.165, 1.54) is 0 Å². The largest absolute Gasteiger partial charge is 0.418 e. The second-order valence-electron chi connectivity index (χ2n) is 3.38. The summed E-state index contributed by atoms with van der Waals surface area (Å²) in [6, 6.07) is 0.684. The minimum Gasteiger partial charge on any atom is -0.397 e. The Labute approximate surface area is 98.5 Å². The number of pyridine rings is 1. The molecule has 0 fully saturated rings. The summed E-state index contributed by atoms with van der Waals surface area (Å²) < 4.78 is 51.7. The quantitative estimate of drug-likeness (QED) is 0.797. The molecular formula is C10H6F4N4. The number of nitrogens with zero attached hydrogens (tertiary/aromatic N) is 3. The lowest BCUT2D eigenvalue weighted by atomic mass is 10.1. The van der Waals surface area contributed by atoms with Crippen molar-refractivity contribution in [1.29, 1.82) is 0 Å². The second-order valence-corrected chi connectivity index (χ2v) is 3.38. The van der Waals surface area contributed by atoms with E-state index in [1.807, 2.05) is 0 Å². The van der Waals surface area contributed by atoms with Gasteiger partial charge in [-0.3, -0.25) is 4.98 Å². The highest BCUT2D eigenvalue weighted by molar-refractivity contribution is 5.62. The van der Waals surface area contributed by atoms with Crippen molar-refractivity contribution in [2.45, 2.75) is 6.18 Å². The first-order valence-corrected chi connectivity index (χ1v) is 4.68. The van der Waals surface area contributed by atoms with Crippen LogP contribution in [0, 0.1) is 5.82 Å². The Kier molecular flexibility index (Phi) is 2.85. The van der Waals surface area contributed by atoms with Gasteiger partial charge in [-0.2, -0.15) is 13.2 Å². The third-order valence-electron chi connectivity index (χ3n) is 2.11. The Hall–Kier alpha value is -2.25. The van der Waals surface area contributed by atoms with Crippen molar-refractivity contribution in [1.82, 2.24) is 15.0 Å². The molecule has 0 aromatic carbocycles. The van der Waals surface area contributed by atoms with Crippen LogP contribution in [0.4, 0.5) is 23.2 Å². The topological polar surface area (TPSA) is 64.7 Å². The molecule has 0 saturated carbocycles. The first-order chi connectivity index (χ1) is 8.39. The molecule has 0 saturated heterocycles. The van der Waals surface area contributed by atoms with Crippen LogP contribution in [0.25, 0.3) is 11.4 Å². The van der Waals surface area contributed by atoms with Crippen molar-refractivity contribution in [3.05, 3.63) is 36.2 Å². The molecule has 0 aliphatic rings. The van der Waals surface area contributed by atoms with Crippen molar-refractivity contribution in [3.63, 3.8) is 0 Å². The van der Waals surface area contributed by atoms with Crippen LogP contribution in [0.1, 0.15) is 5.56 Å². The third-order valence-corrected chi connectivity index (χ3v) is 2.11. The molecule has 94 valence electrons. The number of hydrogen-bond acceptors (Lipinski definition) is 4. The molecule has 0 atom stereocenters. The summed E-state index contributed by atoms with van der Waals surface area (Å²) in [5, 5.41) is 0. The van der Waals surface area contributed by atoms with Crippen molar-refractivity contribution in [2.75, 3.05) is 5.73 Å². The fourth-order valence-corrected chi connectivity index (χ4v) is 1.37. The maximum Gasteiger partial charge on any atom is 0.418 e. The Bertz CT molecular complexity index is 582. The van der Waals surface area contributed by atoms with Gasteiger partial charge in [0.1, 0.15) is 17.7 Å². The van der Waals surface area contributed by atoms with E-state index in [9.17, 15) is 17.6 Å². The molecule has 2 N–H and O–H groups in total. The average Bonchev–Trinajstić information content (AvgIpc) is 2.29.